The van der Waals surface area contributed by atoms with Crippen LogP contribution in [-0.2, 0) is 11.3 Å². The molecule has 0 saturated carbocycles. The zero-order chi connectivity index (χ0) is 18.0. The van der Waals surface area contributed by atoms with E-state index >= 15 is 0 Å². The van der Waals surface area contributed by atoms with Gasteiger partial charge in [0.25, 0.3) is 0 Å². The predicted molar refractivity (Wildman–Crippen MR) is 98.5 cm³/mol. The molecular formula is C18H13Cl2FO3S. The summed E-state index contributed by atoms with van der Waals surface area (Å²) in [5, 5.41) is 1.20. The second-order valence-corrected chi connectivity index (χ2v) is 7.00. The lowest BCUT2D eigenvalue weighted by atomic mass is 10.1. The minimum absolute atomic E-state index is 0.0326. The lowest BCUT2D eigenvalue weighted by Crippen LogP contribution is -2.07. The number of esters is 1. The third kappa shape index (κ3) is 3.73. The Hall–Kier alpha value is -1.82. The quantitative estimate of drug-likeness (QED) is 0.486. The molecule has 0 bridgehead atoms. The van der Waals surface area contributed by atoms with Gasteiger partial charge >= 0.3 is 5.97 Å². The molecule has 3 rings (SSSR count). The Balaban J connectivity index is 2.02. The molecular weight excluding hydrogens is 386 g/mol. The first kappa shape index (κ1) is 18.0. The normalized spacial score (nSPS) is 10.9. The van der Waals surface area contributed by atoms with Crippen molar-refractivity contribution in [3.63, 3.8) is 0 Å². The van der Waals surface area contributed by atoms with E-state index in [2.05, 4.69) is 0 Å². The number of hydrogen-bond donors (Lipinski definition) is 0. The summed E-state index contributed by atoms with van der Waals surface area (Å²) < 4.78 is 25.8. The smallest absolute Gasteiger partial charge is 0.348 e. The molecule has 3 aromatic rings. The summed E-state index contributed by atoms with van der Waals surface area (Å²) in [6.45, 7) is 1.92. The molecule has 0 aliphatic rings. The van der Waals surface area contributed by atoms with Crippen molar-refractivity contribution in [1.29, 1.82) is 0 Å². The van der Waals surface area contributed by atoms with Crippen LogP contribution in [0.1, 0.15) is 22.2 Å². The lowest BCUT2D eigenvalue weighted by Gasteiger charge is -2.10. The zero-order valence-electron chi connectivity index (χ0n) is 13.1. The fourth-order valence-electron chi connectivity index (χ4n) is 2.40. The molecule has 0 unspecified atom stereocenters. The van der Waals surface area contributed by atoms with Crippen LogP contribution < -0.4 is 4.74 Å². The zero-order valence-corrected chi connectivity index (χ0v) is 15.5. The second kappa shape index (κ2) is 7.60. The minimum Gasteiger partial charge on any atom is -0.487 e. The summed E-state index contributed by atoms with van der Waals surface area (Å²) in [4.78, 5) is 12.6. The Morgan fingerprint density at radius 2 is 2.04 bits per heavy atom. The van der Waals surface area contributed by atoms with E-state index in [1.807, 2.05) is 0 Å². The third-order valence-electron chi connectivity index (χ3n) is 3.49. The Morgan fingerprint density at radius 3 is 2.80 bits per heavy atom. The molecule has 0 atom stereocenters. The van der Waals surface area contributed by atoms with Gasteiger partial charge in [-0.3, -0.25) is 0 Å². The van der Waals surface area contributed by atoms with Crippen molar-refractivity contribution in [1.82, 2.24) is 0 Å². The van der Waals surface area contributed by atoms with Crippen molar-refractivity contribution in [2.45, 2.75) is 13.5 Å². The van der Waals surface area contributed by atoms with E-state index in [0.717, 1.165) is 0 Å². The average Bonchev–Trinajstić information content (AvgIpc) is 2.96. The second-order valence-electron chi connectivity index (χ2n) is 5.11. The highest BCUT2D eigenvalue weighted by molar-refractivity contribution is 7.21. The number of thiophene rings is 1. The van der Waals surface area contributed by atoms with Crippen molar-refractivity contribution in [3.8, 4) is 5.75 Å². The number of ether oxygens (including phenoxy) is 2. The largest absolute Gasteiger partial charge is 0.487 e. The molecule has 1 aromatic heterocycles. The van der Waals surface area contributed by atoms with Crippen LogP contribution in [0.15, 0.2) is 36.4 Å². The van der Waals surface area contributed by atoms with Gasteiger partial charge in [-0.05, 0) is 31.2 Å². The van der Waals surface area contributed by atoms with E-state index in [1.165, 1.54) is 17.4 Å². The Bertz CT molecular complexity index is 939. The summed E-state index contributed by atoms with van der Waals surface area (Å²) in [5.74, 6) is -0.557. The van der Waals surface area contributed by atoms with Crippen LogP contribution >= 0.6 is 34.5 Å². The van der Waals surface area contributed by atoms with Crippen molar-refractivity contribution >= 4 is 50.6 Å². The van der Waals surface area contributed by atoms with E-state index in [9.17, 15) is 9.18 Å². The van der Waals surface area contributed by atoms with Gasteiger partial charge in [-0.25, -0.2) is 9.18 Å². The molecule has 25 heavy (non-hydrogen) atoms. The number of hydrogen-bond acceptors (Lipinski definition) is 4. The minimum atomic E-state index is -0.501. The number of rotatable bonds is 5. The molecule has 0 fully saturated rings. The standard InChI is InChI=1S/C18H13Cl2FO3S/c1-2-23-18(22)17-11(16-13(21)4-3-5-15(16)25-17)9-24-14-8-10(19)6-7-12(14)20/h3-8H,2,9H2,1H3. The maximum Gasteiger partial charge on any atom is 0.348 e. The van der Waals surface area contributed by atoms with Gasteiger partial charge in [0.15, 0.2) is 0 Å². The van der Waals surface area contributed by atoms with Gasteiger partial charge in [0.1, 0.15) is 23.1 Å². The summed E-state index contributed by atoms with van der Waals surface area (Å²) in [6.07, 6.45) is 0. The number of carbonyl (C=O) groups excluding carboxylic acids is 1. The van der Waals surface area contributed by atoms with Gasteiger partial charge in [0.2, 0.25) is 0 Å². The van der Waals surface area contributed by atoms with Crippen LogP contribution in [0.4, 0.5) is 4.39 Å². The van der Waals surface area contributed by atoms with E-state index in [1.54, 1.807) is 37.3 Å². The molecule has 0 aliphatic carbocycles. The number of fused-ring (bicyclic) bond motifs is 1. The van der Waals surface area contributed by atoms with Gasteiger partial charge in [-0.15, -0.1) is 11.3 Å². The van der Waals surface area contributed by atoms with E-state index in [4.69, 9.17) is 32.7 Å². The highest BCUT2D eigenvalue weighted by atomic mass is 35.5. The summed E-state index contributed by atoms with van der Waals surface area (Å²) in [7, 11) is 0. The van der Waals surface area contributed by atoms with E-state index in [-0.39, 0.29) is 13.2 Å². The fraction of sp³-hybridized carbons (Fsp3) is 0.167. The average molecular weight is 399 g/mol. The molecule has 0 radical (unpaired) electrons. The van der Waals surface area contributed by atoms with E-state index < -0.39 is 11.8 Å². The molecule has 130 valence electrons. The Labute approximate surface area is 157 Å². The fourth-order valence-corrected chi connectivity index (χ4v) is 3.85. The summed E-state index contributed by atoms with van der Waals surface area (Å²) in [6, 6.07) is 9.51. The molecule has 0 N–H and O–H groups in total. The Kier molecular flexibility index (Phi) is 5.47. The maximum atomic E-state index is 14.3. The SMILES string of the molecule is CCOC(=O)c1sc2cccc(F)c2c1COc1cc(Cl)ccc1Cl. The first-order valence-electron chi connectivity index (χ1n) is 7.46. The monoisotopic (exact) mass is 398 g/mol. The number of benzene rings is 2. The molecule has 3 nitrogen and oxygen atoms in total. The highest BCUT2D eigenvalue weighted by Crippen LogP contribution is 2.36. The molecule has 0 saturated heterocycles. The molecule has 2 aromatic carbocycles. The first-order valence-corrected chi connectivity index (χ1v) is 9.03. The van der Waals surface area contributed by atoms with Gasteiger partial charge in [-0.1, -0.05) is 29.3 Å². The van der Waals surface area contributed by atoms with Gasteiger partial charge in [0, 0.05) is 26.7 Å². The van der Waals surface area contributed by atoms with Gasteiger partial charge in [-0.2, -0.15) is 0 Å². The van der Waals surface area contributed by atoms with Gasteiger partial charge in [0.05, 0.1) is 11.6 Å². The van der Waals surface area contributed by atoms with Crippen molar-refractivity contribution in [2.75, 3.05) is 6.61 Å². The van der Waals surface area contributed by atoms with Crippen LogP contribution in [0.25, 0.3) is 10.1 Å². The van der Waals surface area contributed by atoms with Crippen molar-refractivity contribution in [3.05, 3.63) is 62.7 Å². The van der Waals surface area contributed by atoms with Crippen LogP contribution in [0.5, 0.6) is 5.75 Å². The first-order chi connectivity index (χ1) is 12.0. The number of carbonyl (C=O) groups is 1. The lowest BCUT2D eigenvalue weighted by molar-refractivity contribution is 0.0529. The molecule has 7 heteroatoms. The molecule has 1 heterocycles. The van der Waals surface area contributed by atoms with Crippen LogP contribution in [0.3, 0.4) is 0 Å². The molecule has 0 spiro atoms. The summed E-state index contributed by atoms with van der Waals surface area (Å²) >= 11 is 13.2. The van der Waals surface area contributed by atoms with Crippen molar-refractivity contribution in [2.24, 2.45) is 0 Å². The Morgan fingerprint density at radius 1 is 1.24 bits per heavy atom. The maximum absolute atomic E-state index is 14.3. The molecule has 0 amide bonds. The van der Waals surface area contributed by atoms with Gasteiger partial charge < -0.3 is 9.47 Å². The predicted octanol–water partition coefficient (Wildman–Crippen LogP) is 6.10. The van der Waals surface area contributed by atoms with Crippen molar-refractivity contribution < 1.29 is 18.7 Å². The van der Waals surface area contributed by atoms with E-state index in [0.29, 0.717) is 36.3 Å². The van der Waals surface area contributed by atoms with Crippen LogP contribution in [0.2, 0.25) is 10.0 Å². The van der Waals surface area contributed by atoms with Crippen LogP contribution in [0, 0.1) is 5.82 Å². The van der Waals surface area contributed by atoms with Crippen LogP contribution in [-0.4, -0.2) is 12.6 Å². The summed E-state index contributed by atoms with van der Waals surface area (Å²) in [5.41, 5.74) is 0.438. The molecule has 0 aliphatic heterocycles. The number of halogens is 3. The topological polar surface area (TPSA) is 35.5 Å². The highest BCUT2D eigenvalue weighted by Gasteiger charge is 2.22. The third-order valence-corrected chi connectivity index (χ3v) is 5.21.